The molecule has 0 saturated carbocycles. The van der Waals surface area contributed by atoms with Crippen molar-refractivity contribution < 1.29 is 4.74 Å². The highest BCUT2D eigenvalue weighted by Gasteiger charge is 2.25. The first-order valence-corrected chi connectivity index (χ1v) is 7.68. The van der Waals surface area contributed by atoms with E-state index in [1.165, 1.54) is 5.56 Å². The Balaban J connectivity index is 1.85. The molecule has 2 atom stereocenters. The average Bonchev–Trinajstić information content (AvgIpc) is 2.49. The summed E-state index contributed by atoms with van der Waals surface area (Å²) >= 11 is 12.3. The van der Waals surface area contributed by atoms with E-state index in [2.05, 4.69) is 17.2 Å². The molecule has 1 aromatic carbocycles. The summed E-state index contributed by atoms with van der Waals surface area (Å²) in [4.78, 5) is 4.05. The van der Waals surface area contributed by atoms with Gasteiger partial charge in [-0.1, -0.05) is 23.2 Å². The highest BCUT2D eigenvalue weighted by molar-refractivity contribution is 6.35. The molecule has 2 aromatic rings. The number of ether oxygens (including phenoxy) is 1. The highest BCUT2D eigenvalue weighted by Crippen LogP contribution is 2.40. The molecule has 110 valence electrons. The maximum atomic E-state index is 6.22. The number of benzene rings is 1. The highest BCUT2D eigenvalue weighted by atomic mass is 35.5. The zero-order valence-electron chi connectivity index (χ0n) is 11.6. The van der Waals surface area contributed by atoms with Crippen LogP contribution in [0.2, 0.25) is 10.0 Å². The molecule has 0 aliphatic carbocycles. The second-order valence-electron chi connectivity index (χ2n) is 5.16. The number of hydrogen-bond acceptors (Lipinski definition) is 3. The largest absolute Gasteiger partial charge is 0.492 e. The smallest absolute Gasteiger partial charge is 0.142 e. The molecule has 3 nitrogen and oxygen atoms in total. The maximum Gasteiger partial charge on any atom is 0.142 e. The van der Waals surface area contributed by atoms with Gasteiger partial charge in [0.15, 0.2) is 0 Å². The molecule has 0 amide bonds. The van der Waals surface area contributed by atoms with Gasteiger partial charge in [-0.2, -0.15) is 0 Å². The van der Waals surface area contributed by atoms with Gasteiger partial charge in [-0.15, -0.1) is 0 Å². The van der Waals surface area contributed by atoms with Crippen LogP contribution < -0.4 is 10.1 Å². The van der Waals surface area contributed by atoms with Crippen molar-refractivity contribution in [2.24, 2.45) is 0 Å². The Morgan fingerprint density at radius 1 is 1.29 bits per heavy atom. The molecule has 0 spiro atoms. The van der Waals surface area contributed by atoms with Crippen molar-refractivity contribution in [2.45, 2.75) is 25.4 Å². The first-order chi connectivity index (χ1) is 10.1. The van der Waals surface area contributed by atoms with Crippen LogP contribution in [-0.2, 0) is 0 Å². The van der Waals surface area contributed by atoms with Gasteiger partial charge in [0.1, 0.15) is 5.75 Å². The van der Waals surface area contributed by atoms with Crippen LogP contribution in [0.15, 0.2) is 36.7 Å². The number of aromatic nitrogens is 1. The van der Waals surface area contributed by atoms with Crippen LogP contribution in [0.1, 0.15) is 36.6 Å². The maximum absolute atomic E-state index is 6.22. The third kappa shape index (κ3) is 3.15. The van der Waals surface area contributed by atoms with Gasteiger partial charge in [0.2, 0.25) is 0 Å². The molecular formula is C16H16Cl2N2O. The number of nitrogens with zero attached hydrogens (tertiary/aromatic N) is 1. The van der Waals surface area contributed by atoms with Gasteiger partial charge in [-0.25, -0.2) is 0 Å². The second kappa shape index (κ2) is 6.22. The molecule has 1 unspecified atom stereocenters. The first kappa shape index (κ1) is 14.6. The number of rotatable bonds is 3. The molecule has 21 heavy (non-hydrogen) atoms. The summed E-state index contributed by atoms with van der Waals surface area (Å²) in [5, 5.41) is 4.82. The minimum atomic E-state index is 0.174. The van der Waals surface area contributed by atoms with Crippen molar-refractivity contribution in [3.8, 4) is 5.75 Å². The predicted octanol–water partition coefficient (Wildman–Crippen LogP) is 4.56. The summed E-state index contributed by atoms with van der Waals surface area (Å²) in [7, 11) is 0. The summed E-state index contributed by atoms with van der Waals surface area (Å²) in [6.45, 7) is 2.78. The fourth-order valence-electron chi connectivity index (χ4n) is 2.65. The van der Waals surface area contributed by atoms with Crippen LogP contribution >= 0.6 is 23.2 Å². The molecule has 1 aliphatic heterocycles. The molecule has 2 heterocycles. The number of halogens is 2. The van der Waals surface area contributed by atoms with Crippen molar-refractivity contribution in [3.63, 3.8) is 0 Å². The van der Waals surface area contributed by atoms with E-state index in [0.717, 1.165) is 17.7 Å². The molecule has 5 heteroatoms. The van der Waals surface area contributed by atoms with Gasteiger partial charge < -0.3 is 10.1 Å². The Hall–Kier alpha value is -1.29. The molecular weight excluding hydrogens is 307 g/mol. The SMILES string of the molecule is C[C@H](NC1CCOc2c(Cl)cc(Cl)cc21)c1ccncc1. The third-order valence-corrected chi connectivity index (χ3v) is 4.22. The van der Waals surface area contributed by atoms with E-state index in [4.69, 9.17) is 27.9 Å². The van der Waals surface area contributed by atoms with Crippen molar-refractivity contribution in [1.82, 2.24) is 10.3 Å². The lowest BCUT2D eigenvalue weighted by atomic mass is 9.98. The number of hydrogen-bond donors (Lipinski definition) is 1. The standard InChI is InChI=1S/C16H16Cl2N2O/c1-10(11-2-5-19-6-3-11)20-15-4-7-21-16-13(15)8-12(17)9-14(16)18/h2-3,5-6,8-10,15,20H,4,7H2,1H3/t10-,15?/m0/s1. The summed E-state index contributed by atoms with van der Waals surface area (Å²) in [5.41, 5.74) is 2.23. The van der Waals surface area contributed by atoms with Crippen LogP contribution in [0.4, 0.5) is 0 Å². The van der Waals surface area contributed by atoms with Crippen molar-refractivity contribution in [2.75, 3.05) is 6.61 Å². The fourth-order valence-corrected chi connectivity index (χ4v) is 3.21. The monoisotopic (exact) mass is 322 g/mol. The Labute approximate surface area is 134 Å². The van der Waals surface area contributed by atoms with Crippen LogP contribution in [0.3, 0.4) is 0 Å². The molecule has 3 rings (SSSR count). The van der Waals surface area contributed by atoms with E-state index in [-0.39, 0.29) is 12.1 Å². The Morgan fingerprint density at radius 3 is 2.81 bits per heavy atom. The second-order valence-corrected chi connectivity index (χ2v) is 6.01. The number of pyridine rings is 1. The Bertz CT molecular complexity index is 634. The number of nitrogens with one attached hydrogen (secondary N) is 1. The van der Waals surface area contributed by atoms with E-state index in [1.54, 1.807) is 18.5 Å². The third-order valence-electron chi connectivity index (χ3n) is 3.72. The lowest BCUT2D eigenvalue weighted by Gasteiger charge is -2.30. The van der Waals surface area contributed by atoms with Gasteiger partial charge in [-0.3, -0.25) is 4.98 Å². The minimum absolute atomic E-state index is 0.174. The molecule has 1 aromatic heterocycles. The van der Waals surface area contributed by atoms with E-state index in [0.29, 0.717) is 16.7 Å². The zero-order valence-corrected chi connectivity index (χ0v) is 13.2. The first-order valence-electron chi connectivity index (χ1n) is 6.93. The Kier molecular flexibility index (Phi) is 4.34. The minimum Gasteiger partial charge on any atom is -0.492 e. The Morgan fingerprint density at radius 2 is 2.05 bits per heavy atom. The normalized spacial score (nSPS) is 18.7. The van der Waals surface area contributed by atoms with Gasteiger partial charge in [0, 0.05) is 41.5 Å². The fraction of sp³-hybridized carbons (Fsp3) is 0.312. The molecule has 1 aliphatic rings. The van der Waals surface area contributed by atoms with Crippen LogP contribution in [-0.4, -0.2) is 11.6 Å². The van der Waals surface area contributed by atoms with E-state index in [1.807, 2.05) is 18.2 Å². The molecule has 0 radical (unpaired) electrons. The zero-order chi connectivity index (χ0) is 14.8. The molecule has 0 saturated heterocycles. The summed E-state index contributed by atoms with van der Waals surface area (Å²) in [6.07, 6.45) is 4.50. The molecule has 1 N–H and O–H groups in total. The lowest BCUT2D eigenvalue weighted by Crippen LogP contribution is -2.29. The van der Waals surface area contributed by atoms with Crippen LogP contribution in [0.25, 0.3) is 0 Å². The van der Waals surface area contributed by atoms with Gasteiger partial charge in [0.05, 0.1) is 11.6 Å². The quantitative estimate of drug-likeness (QED) is 0.899. The van der Waals surface area contributed by atoms with E-state index < -0.39 is 0 Å². The van der Waals surface area contributed by atoms with Crippen molar-refractivity contribution in [1.29, 1.82) is 0 Å². The van der Waals surface area contributed by atoms with Crippen LogP contribution in [0.5, 0.6) is 5.75 Å². The molecule has 0 bridgehead atoms. The predicted molar refractivity (Wildman–Crippen MR) is 85.1 cm³/mol. The topological polar surface area (TPSA) is 34.1 Å². The van der Waals surface area contributed by atoms with E-state index >= 15 is 0 Å². The van der Waals surface area contributed by atoms with Gasteiger partial charge in [-0.05, 0) is 36.8 Å². The number of fused-ring (bicyclic) bond motifs is 1. The van der Waals surface area contributed by atoms with Crippen LogP contribution in [0, 0.1) is 0 Å². The summed E-state index contributed by atoms with van der Waals surface area (Å²) < 4.78 is 5.69. The van der Waals surface area contributed by atoms with Gasteiger partial charge in [0.25, 0.3) is 0 Å². The van der Waals surface area contributed by atoms with E-state index in [9.17, 15) is 0 Å². The summed E-state index contributed by atoms with van der Waals surface area (Å²) in [5.74, 6) is 0.742. The van der Waals surface area contributed by atoms with Crippen molar-refractivity contribution in [3.05, 3.63) is 57.8 Å². The lowest BCUT2D eigenvalue weighted by molar-refractivity contribution is 0.246. The molecule has 0 fully saturated rings. The van der Waals surface area contributed by atoms with Gasteiger partial charge >= 0.3 is 0 Å². The van der Waals surface area contributed by atoms with Crippen molar-refractivity contribution >= 4 is 23.2 Å². The summed E-state index contributed by atoms with van der Waals surface area (Å²) in [6, 6.07) is 8.07. The average molecular weight is 323 g/mol.